The van der Waals surface area contributed by atoms with Gasteiger partial charge in [-0.1, -0.05) is 19.1 Å². The summed E-state index contributed by atoms with van der Waals surface area (Å²) in [4.78, 5) is 30.8. The summed E-state index contributed by atoms with van der Waals surface area (Å²) in [5.41, 5.74) is 3.03. The highest BCUT2D eigenvalue weighted by molar-refractivity contribution is 5.97. The van der Waals surface area contributed by atoms with Gasteiger partial charge in [-0.15, -0.1) is 0 Å². The number of amides is 3. The van der Waals surface area contributed by atoms with Crippen LogP contribution in [0.3, 0.4) is 0 Å². The van der Waals surface area contributed by atoms with Crippen LogP contribution in [-0.2, 0) is 0 Å². The van der Waals surface area contributed by atoms with Crippen molar-refractivity contribution in [3.63, 3.8) is 0 Å². The molecular formula is C21H28N4O2. The molecule has 2 rings (SSSR count). The highest BCUT2D eigenvalue weighted by Gasteiger charge is 2.21. The first-order valence-corrected chi connectivity index (χ1v) is 9.18. The minimum absolute atomic E-state index is 0.0489. The van der Waals surface area contributed by atoms with Gasteiger partial charge in [-0.05, 0) is 56.5 Å². The lowest BCUT2D eigenvalue weighted by molar-refractivity contribution is 0.0943. The minimum atomic E-state index is -0.227. The van der Waals surface area contributed by atoms with Crippen LogP contribution in [0.4, 0.5) is 10.5 Å². The molecule has 0 fully saturated rings. The van der Waals surface area contributed by atoms with Gasteiger partial charge in [0.15, 0.2) is 0 Å². The number of aryl methyl sites for hydroxylation is 1. The van der Waals surface area contributed by atoms with Gasteiger partial charge in [0.25, 0.3) is 5.91 Å². The maximum atomic E-state index is 12.8. The second-order valence-corrected chi connectivity index (χ2v) is 6.91. The second kappa shape index (κ2) is 9.16. The molecule has 3 amide bonds. The zero-order valence-corrected chi connectivity index (χ0v) is 16.6. The van der Waals surface area contributed by atoms with Gasteiger partial charge in [-0.25, -0.2) is 4.79 Å². The topological polar surface area (TPSA) is 74.3 Å². The Hall–Kier alpha value is -2.89. The van der Waals surface area contributed by atoms with E-state index in [1.165, 1.54) is 0 Å². The van der Waals surface area contributed by atoms with Gasteiger partial charge in [0.1, 0.15) is 0 Å². The Morgan fingerprint density at radius 3 is 2.56 bits per heavy atom. The van der Waals surface area contributed by atoms with E-state index < -0.39 is 0 Å². The van der Waals surface area contributed by atoms with Gasteiger partial charge in [0.05, 0.1) is 6.04 Å². The summed E-state index contributed by atoms with van der Waals surface area (Å²) < 4.78 is 0. The first-order valence-electron chi connectivity index (χ1n) is 9.18. The summed E-state index contributed by atoms with van der Waals surface area (Å²) in [5.74, 6) is -0.157. The lowest BCUT2D eigenvalue weighted by atomic mass is 10.1. The monoisotopic (exact) mass is 368 g/mol. The summed E-state index contributed by atoms with van der Waals surface area (Å²) >= 11 is 0. The highest BCUT2D eigenvalue weighted by Crippen LogP contribution is 2.24. The molecule has 2 aromatic rings. The van der Waals surface area contributed by atoms with Gasteiger partial charge >= 0.3 is 6.03 Å². The molecule has 144 valence electrons. The zero-order chi connectivity index (χ0) is 20.0. The molecule has 0 unspecified atom stereocenters. The zero-order valence-electron chi connectivity index (χ0n) is 16.6. The fourth-order valence-corrected chi connectivity index (χ4v) is 2.89. The normalized spacial score (nSPS) is 11.8. The van der Waals surface area contributed by atoms with E-state index >= 15 is 0 Å². The van der Waals surface area contributed by atoms with Crippen molar-refractivity contribution in [3.8, 4) is 0 Å². The minimum Gasteiger partial charge on any atom is -0.350 e. The van der Waals surface area contributed by atoms with E-state index in [2.05, 4.69) is 15.6 Å². The molecule has 1 aromatic carbocycles. The first kappa shape index (κ1) is 20.4. The number of hydrogen-bond donors (Lipinski definition) is 2. The molecule has 6 heteroatoms. The largest absolute Gasteiger partial charge is 0.350 e. The van der Waals surface area contributed by atoms with E-state index in [4.69, 9.17) is 0 Å². The third-order valence-electron chi connectivity index (χ3n) is 4.40. The van der Waals surface area contributed by atoms with Crippen LogP contribution in [0.2, 0.25) is 0 Å². The van der Waals surface area contributed by atoms with Crippen LogP contribution in [0.5, 0.6) is 0 Å². The van der Waals surface area contributed by atoms with Crippen molar-refractivity contribution in [2.24, 2.45) is 0 Å². The van der Waals surface area contributed by atoms with Crippen LogP contribution in [0.15, 0.2) is 42.7 Å². The molecule has 0 saturated carbocycles. The van der Waals surface area contributed by atoms with Crippen LogP contribution in [0.1, 0.15) is 54.7 Å². The number of nitrogens with one attached hydrogen (secondary N) is 2. The highest BCUT2D eigenvalue weighted by atomic mass is 16.2. The summed E-state index contributed by atoms with van der Waals surface area (Å²) in [6.07, 6.45) is 4.26. The lowest BCUT2D eigenvalue weighted by Gasteiger charge is -2.28. The summed E-state index contributed by atoms with van der Waals surface area (Å²) in [5, 5.41) is 5.79. The van der Waals surface area contributed by atoms with Crippen LogP contribution in [0, 0.1) is 6.92 Å². The molecule has 27 heavy (non-hydrogen) atoms. The van der Waals surface area contributed by atoms with Crippen molar-refractivity contribution in [2.75, 3.05) is 12.4 Å². The number of anilines is 1. The first-order chi connectivity index (χ1) is 12.8. The Kier molecular flexibility index (Phi) is 6.93. The Balaban J connectivity index is 2.17. The maximum Gasteiger partial charge on any atom is 0.322 e. The van der Waals surface area contributed by atoms with E-state index in [1.807, 2.05) is 45.9 Å². The predicted molar refractivity (Wildman–Crippen MR) is 108 cm³/mol. The van der Waals surface area contributed by atoms with Gasteiger partial charge in [0.2, 0.25) is 0 Å². The third-order valence-corrected chi connectivity index (χ3v) is 4.40. The van der Waals surface area contributed by atoms with Crippen molar-refractivity contribution < 1.29 is 9.59 Å². The number of urea groups is 1. The summed E-state index contributed by atoms with van der Waals surface area (Å²) in [7, 11) is 1.77. The SMILES string of the molecule is CC[C@@H](c1cccnc1)N(C)C(=O)Nc1cc(C(=O)NC(C)C)ccc1C. The van der Waals surface area contributed by atoms with E-state index in [0.29, 0.717) is 11.3 Å². The number of hydrogen-bond acceptors (Lipinski definition) is 3. The fraction of sp³-hybridized carbons (Fsp3) is 0.381. The van der Waals surface area contributed by atoms with Crippen molar-refractivity contribution in [3.05, 3.63) is 59.4 Å². The second-order valence-electron chi connectivity index (χ2n) is 6.91. The average Bonchev–Trinajstić information content (AvgIpc) is 2.64. The number of nitrogens with zero attached hydrogens (tertiary/aromatic N) is 2. The molecule has 1 atom stereocenters. The summed E-state index contributed by atoms with van der Waals surface area (Å²) in [6.45, 7) is 7.75. The standard InChI is InChI=1S/C21H28N4O2/c1-6-19(17-8-7-11-22-13-17)25(5)21(27)24-18-12-16(10-9-15(18)4)20(26)23-14(2)3/h7-14,19H,6H2,1-5H3,(H,23,26)(H,24,27)/t19-/m0/s1. The van der Waals surface area contributed by atoms with Crippen LogP contribution in [0.25, 0.3) is 0 Å². The Bertz CT molecular complexity index is 790. The van der Waals surface area contributed by atoms with Gasteiger partial charge < -0.3 is 15.5 Å². The molecule has 0 saturated heterocycles. The maximum absolute atomic E-state index is 12.8. The number of aromatic nitrogens is 1. The van der Waals surface area contributed by atoms with Gasteiger partial charge in [-0.3, -0.25) is 9.78 Å². The van der Waals surface area contributed by atoms with E-state index in [-0.39, 0.29) is 24.0 Å². The molecule has 1 aromatic heterocycles. The lowest BCUT2D eigenvalue weighted by Crippen LogP contribution is -2.35. The van der Waals surface area contributed by atoms with Gasteiger partial charge in [-0.2, -0.15) is 0 Å². The average molecular weight is 368 g/mol. The number of carbonyl (C=O) groups is 2. The molecule has 1 heterocycles. The molecular weight excluding hydrogens is 340 g/mol. The molecule has 0 spiro atoms. The van der Waals surface area contributed by atoms with Crippen molar-refractivity contribution in [2.45, 2.75) is 46.2 Å². The quantitative estimate of drug-likeness (QED) is 0.804. The number of pyridine rings is 1. The third kappa shape index (κ3) is 5.29. The van der Waals surface area contributed by atoms with Crippen LogP contribution >= 0.6 is 0 Å². The fourth-order valence-electron chi connectivity index (χ4n) is 2.89. The molecule has 0 aliphatic heterocycles. The molecule has 0 aliphatic carbocycles. The number of rotatable bonds is 6. The number of carbonyl (C=O) groups excluding carboxylic acids is 2. The van der Waals surface area contributed by atoms with Crippen molar-refractivity contribution in [1.29, 1.82) is 0 Å². The Labute approximate surface area is 161 Å². The molecule has 0 bridgehead atoms. The number of benzene rings is 1. The summed E-state index contributed by atoms with van der Waals surface area (Å²) in [6, 6.07) is 8.89. The predicted octanol–water partition coefficient (Wildman–Crippen LogP) is 4.14. The van der Waals surface area contributed by atoms with Crippen LogP contribution in [-0.4, -0.2) is 34.9 Å². The molecule has 0 aliphatic rings. The molecule has 0 radical (unpaired) electrons. The Morgan fingerprint density at radius 2 is 1.96 bits per heavy atom. The Morgan fingerprint density at radius 1 is 1.22 bits per heavy atom. The van der Waals surface area contributed by atoms with Crippen molar-refractivity contribution in [1.82, 2.24) is 15.2 Å². The van der Waals surface area contributed by atoms with E-state index in [9.17, 15) is 9.59 Å². The van der Waals surface area contributed by atoms with Crippen LogP contribution < -0.4 is 10.6 Å². The van der Waals surface area contributed by atoms with Crippen molar-refractivity contribution >= 4 is 17.6 Å². The molecule has 6 nitrogen and oxygen atoms in total. The van der Waals surface area contributed by atoms with Gasteiger partial charge in [0, 0.05) is 36.7 Å². The van der Waals surface area contributed by atoms with E-state index in [1.54, 1.807) is 36.5 Å². The smallest absolute Gasteiger partial charge is 0.322 e. The van der Waals surface area contributed by atoms with E-state index in [0.717, 1.165) is 17.5 Å². The molecule has 2 N–H and O–H groups in total.